The summed E-state index contributed by atoms with van der Waals surface area (Å²) in [7, 11) is 0. The molecule has 3 heteroatoms. The molecule has 0 atom stereocenters. The summed E-state index contributed by atoms with van der Waals surface area (Å²) in [5.74, 6) is 1.49. The van der Waals surface area contributed by atoms with Gasteiger partial charge in [-0.15, -0.1) is 0 Å². The number of nitrogens with zero attached hydrogens (tertiary/aromatic N) is 1. The first-order valence-corrected chi connectivity index (χ1v) is 6.91. The lowest BCUT2D eigenvalue weighted by Crippen LogP contribution is -2.40. The van der Waals surface area contributed by atoms with Crippen LogP contribution in [0.15, 0.2) is 4.99 Å². The van der Waals surface area contributed by atoms with Crippen LogP contribution in [-0.2, 0) is 0 Å². The molecule has 0 spiro atoms. The number of guanidine groups is 1. The Hall–Kier alpha value is -0.730. The van der Waals surface area contributed by atoms with Gasteiger partial charge in [-0.25, -0.2) is 0 Å². The number of hydrogen-bond acceptors (Lipinski definition) is 1. The van der Waals surface area contributed by atoms with E-state index in [0.29, 0.717) is 12.0 Å². The van der Waals surface area contributed by atoms with Crippen molar-refractivity contribution in [1.82, 2.24) is 5.32 Å². The van der Waals surface area contributed by atoms with Crippen molar-refractivity contribution in [3.8, 4) is 0 Å². The van der Waals surface area contributed by atoms with Crippen LogP contribution < -0.4 is 11.1 Å². The van der Waals surface area contributed by atoms with Crippen molar-refractivity contribution in [2.75, 3.05) is 6.54 Å². The third-order valence-corrected chi connectivity index (χ3v) is 3.95. The van der Waals surface area contributed by atoms with Gasteiger partial charge in [-0.1, -0.05) is 32.1 Å². The maximum atomic E-state index is 5.92. The Kier molecular flexibility index (Phi) is 4.49. The van der Waals surface area contributed by atoms with Crippen LogP contribution in [0.2, 0.25) is 0 Å². The van der Waals surface area contributed by atoms with Gasteiger partial charge in [0.25, 0.3) is 0 Å². The average Bonchev–Trinajstić information content (AvgIpc) is 2.44. The van der Waals surface area contributed by atoms with Gasteiger partial charge in [0.2, 0.25) is 0 Å². The summed E-state index contributed by atoms with van der Waals surface area (Å²) >= 11 is 0. The summed E-state index contributed by atoms with van der Waals surface area (Å²) in [5.41, 5.74) is 5.92. The van der Waals surface area contributed by atoms with E-state index in [9.17, 15) is 0 Å². The fourth-order valence-corrected chi connectivity index (χ4v) is 2.58. The lowest BCUT2D eigenvalue weighted by molar-refractivity contribution is 0.326. The van der Waals surface area contributed by atoms with Crippen molar-refractivity contribution in [2.45, 2.75) is 63.8 Å². The summed E-state index contributed by atoms with van der Waals surface area (Å²) in [6.45, 7) is 0.936. The third kappa shape index (κ3) is 3.69. The summed E-state index contributed by atoms with van der Waals surface area (Å²) in [5, 5.41) is 3.39. The molecule has 0 bridgehead atoms. The van der Waals surface area contributed by atoms with Crippen LogP contribution in [0.25, 0.3) is 0 Å². The van der Waals surface area contributed by atoms with Crippen LogP contribution >= 0.6 is 0 Å². The fourth-order valence-electron chi connectivity index (χ4n) is 2.58. The van der Waals surface area contributed by atoms with Crippen molar-refractivity contribution in [1.29, 1.82) is 0 Å². The zero-order valence-electron chi connectivity index (χ0n) is 10.3. The first-order valence-electron chi connectivity index (χ1n) is 6.91. The summed E-state index contributed by atoms with van der Waals surface area (Å²) in [6.07, 6.45) is 12.1. The largest absolute Gasteiger partial charge is 0.370 e. The molecular weight excluding hydrogens is 198 g/mol. The molecule has 0 amide bonds. The molecule has 3 nitrogen and oxygen atoms in total. The maximum Gasteiger partial charge on any atom is 0.188 e. The zero-order chi connectivity index (χ0) is 11.2. The van der Waals surface area contributed by atoms with E-state index in [2.05, 4.69) is 10.3 Å². The lowest BCUT2D eigenvalue weighted by Gasteiger charge is -2.24. The van der Waals surface area contributed by atoms with E-state index >= 15 is 0 Å². The Balaban J connectivity index is 1.69. The highest BCUT2D eigenvalue weighted by atomic mass is 15.1. The van der Waals surface area contributed by atoms with Crippen LogP contribution in [-0.4, -0.2) is 18.5 Å². The van der Waals surface area contributed by atoms with E-state index in [-0.39, 0.29) is 0 Å². The monoisotopic (exact) mass is 223 g/mol. The van der Waals surface area contributed by atoms with Crippen LogP contribution in [0, 0.1) is 5.92 Å². The third-order valence-electron chi connectivity index (χ3n) is 3.95. The molecule has 0 saturated heterocycles. The molecule has 0 heterocycles. The van der Waals surface area contributed by atoms with Gasteiger partial charge in [0, 0.05) is 12.6 Å². The van der Waals surface area contributed by atoms with E-state index in [0.717, 1.165) is 12.5 Å². The molecular formula is C13H25N3. The van der Waals surface area contributed by atoms with Gasteiger partial charge in [-0.05, 0) is 31.6 Å². The van der Waals surface area contributed by atoms with E-state index in [1.807, 2.05) is 0 Å². The van der Waals surface area contributed by atoms with E-state index in [1.54, 1.807) is 0 Å². The van der Waals surface area contributed by atoms with Crippen molar-refractivity contribution in [3.05, 3.63) is 0 Å². The predicted molar refractivity (Wildman–Crippen MR) is 68.5 cm³/mol. The Bertz CT molecular complexity index is 225. The van der Waals surface area contributed by atoms with Crippen LogP contribution in [0.3, 0.4) is 0 Å². The molecule has 92 valence electrons. The molecule has 0 unspecified atom stereocenters. The Morgan fingerprint density at radius 1 is 1.00 bits per heavy atom. The van der Waals surface area contributed by atoms with Gasteiger partial charge >= 0.3 is 0 Å². The van der Waals surface area contributed by atoms with E-state index in [4.69, 9.17) is 5.73 Å². The predicted octanol–water partition coefficient (Wildman–Crippen LogP) is 2.41. The maximum absolute atomic E-state index is 5.92. The van der Waals surface area contributed by atoms with Gasteiger partial charge < -0.3 is 11.1 Å². The molecule has 2 aliphatic rings. The molecule has 0 aromatic rings. The van der Waals surface area contributed by atoms with Crippen molar-refractivity contribution >= 4 is 5.96 Å². The van der Waals surface area contributed by atoms with Crippen LogP contribution in [0.4, 0.5) is 0 Å². The Labute approximate surface area is 98.9 Å². The standard InChI is InChI=1S/C13H25N3/c14-13(15-10-11-6-5-7-11)16-12-8-3-1-2-4-9-12/h11-12H,1-10H2,(H3,14,15,16). The van der Waals surface area contributed by atoms with Crippen molar-refractivity contribution in [3.63, 3.8) is 0 Å². The normalized spacial score (nSPS) is 24.9. The number of hydrogen-bond donors (Lipinski definition) is 2. The molecule has 2 saturated carbocycles. The molecule has 2 rings (SSSR count). The second-order valence-corrected chi connectivity index (χ2v) is 5.36. The molecule has 0 aromatic heterocycles. The number of nitrogens with one attached hydrogen (secondary N) is 1. The van der Waals surface area contributed by atoms with Gasteiger partial charge in [-0.3, -0.25) is 4.99 Å². The number of aliphatic imine (C=N–C) groups is 1. The molecule has 3 N–H and O–H groups in total. The van der Waals surface area contributed by atoms with Gasteiger partial charge in [0.1, 0.15) is 0 Å². The second-order valence-electron chi connectivity index (χ2n) is 5.36. The number of nitrogens with two attached hydrogens (primary N) is 1. The second kappa shape index (κ2) is 6.12. The summed E-state index contributed by atoms with van der Waals surface area (Å²) in [6, 6.07) is 0.577. The van der Waals surface area contributed by atoms with E-state index in [1.165, 1.54) is 57.8 Å². The van der Waals surface area contributed by atoms with Gasteiger partial charge in [-0.2, -0.15) is 0 Å². The Morgan fingerprint density at radius 2 is 1.69 bits per heavy atom. The minimum absolute atomic E-state index is 0.577. The van der Waals surface area contributed by atoms with Gasteiger partial charge in [0.05, 0.1) is 0 Å². The van der Waals surface area contributed by atoms with Gasteiger partial charge in [0.15, 0.2) is 5.96 Å². The summed E-state index contributed by atoms with van der Waals surface area (Å²) in [4.78, 5) is 4.45. The fraction of sp³-hybridized carbons (Fsp3) is 0.923. The van der Waals surface area contributed by atoms with Crippen LogP contribution in [0.1, 0.15) is 57.8 Å². The molecule has 2 aliphatic carbocycles. The quantitative estimate of drug-likeness (QED) is 0.438. The average molecular weight is 223 g/mol. The smallest absolute Gasteiger partial charge is 0.188 e. The molecule has 0 aromatic carbocycles. The molecule has 0 aliphatic heterocycles. The Morgan fingerprint density at radius 3 is 2.25 bits per heavy atom. The highest BCUT2D eigenvalue weighted by molar-refractivity contribution is 5.78. The van der Waals surface area contributed by atoms with Crippen molar-refractivity contribution in [2.24, 2.45) is 16.6 Å². The first-order chi connectivity index (χ1) is 7.84. The minimum atomic E-state index is 0.577. The van der Waals surface area contributed by atoms with Crippen molar-refractivity contribution < 1.29 is 0 Å². The minimum Gasteiger partial charge on any atom is -0.370 e. The summed E-state index contributed by atoms with van der Waals surface area (Å²) < 4.78 is 0. The zero-order valence-corrected chi connectivity index (χ0v) is 10.3. The lowest BCUT2D eigenvalue weighted by atomic mass is 9.86. The SMILES string of the molecule is NC(=NCC1CCC1)NC1CCCCCC1. The highest BCUT2D eigenvalue weighted by Crippen LogP contribution is 2.26. The highest BCUT2D eigenvalue weighted by Gasteiger charge is 2.17. The molecule has 0 radical (unpaired) electrons. The van der Waals surface area contributed by atoms with E-state index < -0.39 is 0 Å². The first kappa shape index (κ1) is 11.7. The molecule has 2 fully saturated rings. The number of rotatable bonds is 3. The van der Waals surface area contributed by atoms with Crippen LogP contribution in [0.5, 0.6) is 0 Å². The topological polar surface area (TPSA) is 50.4 Å². The molecule has 16 heavy (non-hydrogen) atoms.